The molecule has 5 aromatic rings. The largest absolute Gasteiger partial charge is 0.478 e. The lowest BCUT2D eigenvalue weighted by Gasteiger charge is -2.26. The first kappa shape index (κ1) is 26.2. The molecule has 1 amide bonds. The molecule has 0 saturated carbocycles. The molecule has 2 atom stereocenters. The number of aromatic carboxylic acids is 1. The van der Waals surface area contributed by atoms with E-state index >= 15 is 0 Å². The van der Waals surface area contributed by atoms with E-state index in [1.807, 2.05) is 77.7 Å². The highest BCUT2D eigenvalue weighted by Gasteiger charge is 2.41. The molecule has 2 aromatic heterocycles. The number of carboxylic acids is 1. The second-order valence-electron chi connectivity index (χ2n) is 9.73. The second-order valence-corrected chi connectivity index (χ2v) is 10.1. The third kappa shape index (κ3) is 5.39. The van der Waals surface area contributed by atoms with Gasteiger partial charge in [0.25, 0.3) is 0 Å². The van der Waals surface area contributed by atoms with Crippen molar-refractivity contribution < 1.29 is 19.1 Å². The third-order valence-electron chi connectivity index (χ3n) is 7.18. The fraction of sp³-hybridized carbons (Fsp3) is 0.125. The first-order valence-electron chi connectivity index (χ1n) is 13.2. The van der Waals surface area contributed by atoms with Crippen LogP contribution in [-0.4, -0.2) is 38.5 Å². The van der Waals surface area contributed by atoms with E-state index in [1.165, 1.54) is 0 Å². The van der Waals surface area contributed by atoms with E-state index in [1.54, 1.807) is 30.5 Å². The zero-order valence-electron chi connectivity index (χ0n) is 21.9. The molecule has 3 heterocycles. The topological polar surface area (TPSA) is 108 Å². The lowest BCUT2D eigenvalue weighted by atomic mass is 10.0. The van der Waals surface area contributed by atoms with E-state index in [0.717, 1.165) is 27.7 Å². The van der Waals surface area contributed by atoms with Crippen molar-refractivity contribution in [3.63, 3.8) is 0 Å². The molecule has 6 rings (SSSR count). The van der Waals surface area contributed by atoms with Crippen molar-refractivity contribution in [3.8, 4) is 11.3 Å². The van der Waals surface area contributed by atoms with Crippen LogP contribution in [0.1, 0.15) is 40.3 Å². The molecule has 0 unspecified atom stereocenters. The minimum Gasteiger partial charge on any atom is -0.478 e. The molecular weight excluding hydrogens is 536 g/mol. The number of benzene rings is 3. The molecule has 204 valence electrons. The predicted octanol–water partition coefficient (Wildman–Crippen LogP) is 6.19. The quantitative estimate of drug-likeness (QED) is 0.192. The molecule has 0 spiro atoms. The van der Waals surface area contributed by atoms with Crippen molar-refractivity contribution in [2.75, 3.05) is 11.9 Å². The Hall–Kier alpha value is -5.02. The molecular formula is C32H26N4O4S. The number of nitrogens with zero attached hydrogens (tertiary/aromatic N) is 2. The van der Waals surface area contributed by atoms with Crippen LogP contribution in [0.5, 0.6) is 0 Å². The number of fused-ring (bicyclic) bond motifs is 1. The fourth-order valence-corrected chi connectivity index (χ4v) is 5.50. The van der Waals surface area contributed by atoms with E-state index in [-0.39, 0.29) is 30.0 Å². The molecule has 0 aliphatic carbocycles. The minimum absolute atomic E-state index is 0.122. The molecule has 1 aliphatic rings. The van der Waals surface area contributed by atoms with Gasteiger partial charge in [-0.2, -0.15) is 0 Å². The second kappa shape index (κ2) is 11.2. The number of furan rings is 1. The van der Waals surface area contributed by atoms with Crippen LogP contribution in [0.15, 0.2) is 108 Å². The molecule has 3 aromatic carbocycles. The molecule has 1 aliphatic heterocycles. The first-order chi connectivity index (χ1) is 20.0. The lowest BCUT2D eigenvalue weighted by Crippen LogP contribution is -2.32. The van der Waals surface area contributed by atoms with E-state index in [9.17, 15) is 14.7 Å². The highest BCUT2D eigenvalue weighted by atomic mass is 32.1. The fourth-order valence-electron chi connectivity index (χ4n) is 5.17. The summed E-state index contributed by atoms with van der Waals surface area (Å²) in [6, 6.07) is 29.1. The molecule has 0 radical (unpaired) electrons. The van der Waals surface area contributed by atoms with E-state index in [2.05, 4.69) is 15.6 Å². The Bertz CT molecular complexity index is 1730. The number of carbonyl (C=O) groups is 2. The van der Waals surface area contributed by atoms with Crippen LogP contribution in [0.4, 0.5) is 5.69 Å². The molecule has 0 bridgehead atoms. The number of hydrogen-bond donors (Lipinski definition) is 3. The van der Waals surface area contributed by atoms with Gasteiger partial charge in [0.2, 0.25) is 5.91 Å². The van der Waals surface area contributed by atoms with Crippen molar-refractivity contribution in [3.05, 3.63) is 120 Å². The van der Waals surface area contributed by atoms with Crippen molar-refractivity contribution in [2.24, 2.45) is 0 Å². The van der Waals surface area contributed by atoms with Gasteiger partial charge in [-0.05, 0) is 60.1 Å². The molecule has 9 heteroatoms. The van der Waals surface area contributed by atoms with Gasteiger partial charge in [0, 0.05) is 35.8 Å². The summed E-state index contributed by atoms with van der Waals surface area (Å²) in [5.74, 6) is 0.145. The Labute approximate surface area is 241 Å². The zero-order valence-corrected chi connectivity index (χ0v) is 22.7. The maximum Gasteiger partial charge on any atom is 0.335 e. The average molecular weight is 563 g/mol. The van der Waals surface area contributed by atoms with Gasteiger partial charge in [0.15, 0.2) is 5.11 Å². The summed E-state index contributed by atoms with van der Waals surface area (Å²) in [6.45, 7) is 0.361. The van der Waals surface area contributed by atoms with Crippen LogP contribution in [0, 0.1) is 0 Å². The molecule has 8 nitrogen and oxygen atoms in total. The van der Waals surface area contributed by atoms with E-state index < -0.39 is 5.97 Å². The number of anilines is 1. The maximum absolute atomic E-state index is 13.1. The van der Waals surface area contributed by atoms with Crippen LogP contribution in [0.3, 0.4) is 0 Å². The van der Waals surface area contributed by atoms with Crippen LogP contribution in [0.2, 0.25) is 0 Å². The number of carbonyl (C=O) groups excluding carboxylic acids is 1. The van der Waals surface area contributed by atoms with Gasteiger partial charge < -0.3 is 25.1 Å². The van der Waals surface area contributed by atoms with Crippen molar-refractivity contribution >= 4 is 45.7 Å². The van der Waals surface area contributed by atoms with Gasteiger partial charge in [-0.15, -0.1) is 0 Å². The Morgan fingerprint density at radius 3 is 2.51 bits per heavy atom. The van der Waals surface area contributed by atoms with Crippen molar-refractivity contribution in [2.45, 2.75) is 18.5 Å². The summed E-state index contributed by atoms with van der Waals surface area (Å²) in [5, 5.41) is 18.2. The average Bonchev–Trinajstić information content (AvgIpc) is 3.61. The van der Waals surface area contributed by atoms with Crippen LogP contribution < -0.4 is 10.6 Å². The summed E-state index contributed by atoms with van der Waals surface area (Å²) < 4.78 is 6.32. The number of hydrogen-bond acceptors (Lipinski definition) is 5. The first-order valence-corrected chi connectivity index (χ1v) is 13.6. The molecule has 1 fully saturated rings. The molecule has 41 heavy (non-hydrogen) atoms. The molecule has 1 saturated heterocycles. The van der Waals surface area contributed by atoms with Gasteiger partial charge >= 0.3 is 5.97 Å². The minimum atomic E-state index is -0.986. The van der Waals surface area contributed by atoms with Gasteiger partial charge in [0.05, 0.1) is 17.3 Å². The van der Waals surface area contributed by atoms with Gasteiger partial charge in [-0.1, -0.05) is 54.6 Å². The molecule has 3 N–H and O–H groups in total. The highest BCUT2D eigenvalue weighted by Crippen LogP contribution is 2.40. The van der Waals surface area contributed by atoms with Crippen LogP contribution in [-0.2, 0) is 4.79 Å². The maximum atomic E-state index is 13.1. The summed E-state index contributed by atoms with van der Waals surface area (Å²) >= 11 is 5.74. The Morgan fingerprint density at radius 1 is 0.951 bits per heavy atom. The predicted molar refractivity (Wildman–Crippen MR) is 160 cm³/mol. The number of nitrogens with one attached hydrogen (secondary N) is 2. The van der Waals surface area contributed by atoms with Gasteiger partial charge in [0.1, 0.15) is 17.6 Å². The van der Waals surface area contributed by atoms with E-state index in [4.69, 9.17) is 16.6 Å². The van der Waals surface area contributed by atoms with Crippen molar-refractivity contribution in [1.29, 1.82) is 0 Å². The standard InChI is InChI=1S/C32H26N4O4S/c37-28(34-24-10-5-7-20-6-1-2-8-23(20)24)17-19-36-30(29(35-32(36)41)25-9-3-4-18-33-25)27-16-15-26(40-27)21-11-13-22(14-12-21)31(38)39/h1-16,18,29-30H,17,19H2,(H,34,37)(H,35,41)(H,38,39)/t29-,30+/m1/s1. The van der Waals surface area contributed by atoms with Gasteiger partial charge in [-0.3, -0.25) is 9.78 Å². The number of amides is 1. The van der Waals surface area contributed by atoms with Crippen LogP contribution >= 0.6 is 12.2 Å². The summed E-state index contributed by atoms with van der Waals surface area (Å²) in [5.41, 5.74) is 2.52. The van der Waals surface area contributed by atoms with Crippen molar-refractivity contribution in [1.82, 2.24) is 15.2 Å². The van der Waals surface area contributed by atoms with Gasteiger partial charge in [-0.25, -0.2) is 4.79 Å². The number of pyridine rings is 1. The number of thiocarbonyl (C=S) groups is 1. The van der Waals surface area contributed by atoms with E-state index in [0.29, 0.717) is 23.2 Å². The number of carboxylic acid groups (broad SMARTS) is 1. The summed E-state index contributed by atoms with van der Waals surface area (Å²) in [4.78, 5) is 30.9. The third-order valence-corrected chi connectivity index (χ3v) is 7.53. The summed E-state index contributed by atoms with van der Waals surface area (Å²) in [7, 11) is 0. The Morgan fingerprint density at radius 2 is 1.73 bits per heavy atom. The SMILES string of the molecule is O=C(CCN1C(=S)N[C@H](c2ccccn2)[C@@H]1c1ccc(-c2ccc(C(=O)O)cc2)o1)Nc1cccc2ccccc12. The smallest absolute Gasteiger partial charge is 0.335 e. The monoisotopic (exact) mass is 562 g/mol. The normalized spacial score (nSPS) is 16.5. The Balaban J connectivity index is 1.25. The summed E-state index contributed by atoms with van der Waals surface area (Å²) in [6.07, 6.45) is 1.94. The highest BCUT2D eigenvalue weighted by molar-refractivity contribution is 7.80. The Kier molecular flexibility index (Phi) is 7.18. The zero-order chi connectivity index (χ0) is 28.3. The number of aromatic nitrogens is 1. The van der Waals surface area contributed by atoms with Crippen LogP contribution in [0.25, 0.3) is 22.1 Å². The number of rotatable bonds is 8. The lowest BCUT2D eigenvalue weighted by molar-refractivity contribution is -0.116.